The fourth-order valence-electron chi connectivity index (χ4n) is 1.74. The zero-order chi connectivity index (χ0) is 13.2. The number of thiophene rings is 1. The number of para-hydroxylation sites is 2. The number of nitrogen functional groups attached to an aromatic ring is 1. The molecule has 0 aliphatic heterocycles. The minimum atomic E-state index is 0.0823. The summed E-state index contributed by atoms with van der Waals surface area (Å²) < 4.78 is 1.17. The van der Waals surface area contributed by atoms with Gasteiger partial charge < -0.3 is 11.1 Å². The molecule has 0 saturated heterocycles. The van der Waals surface area contributed by atoms with Crippen molar-refractivity contribution in [1.82, 2.24) is 0 Å². The minimum absolute atomic E-state index is 0.0823. The van der Waals surface area contributed by atoms with E-state index in [9.17, 15) is 0 Å². The largest absolute Gasteiger partial charge is 0.397 e. The molecule has 1 heterocycles. The van der Waals surface area contributed by atoms with Gasteiger partial charge in [-0.25, -0.2) is 0 Å². The van der Waals surface area contributed by atoms with Crippen LogP contribution < -0.4 is 11.1 Å². The van der Waals surface area contributed by atoms with E-state index in [-0.39, 0.29) is 5.41 Å². The summed E-state index contributed by atoms with van der Waals surface area (Å²) >= 11 is 5.29. The quantitative estimate of drug-likeness (QED) is 0.813. The van der Waals surface area contributed by atoms with Crippen LogP contribution in [0.15, 0.2) is 40.2 Å². The third-order valence-corrected chi connectivity index (χ3v) is 4.91. The standard InChI is InChI=1S/C14H17BrN2S/c1-14(2,12-7-8-13(15)18-12)9-17-11-6-4-3-5-10(11)16/h3-8,17H,9,16H2,1-2H3. The summed E-state index contributed by atoms with van der Waals surface area (Å²) in [7, 11) is 0. The van der Waals surface area contributed by atoms with Gasteiger partial charge in [0.1, 0.15) is 0 Å². The van der Waals surface area contributed by atoms with Crippen molar-refractivity contribution in [2.24, 2.45) is 0 Å². The number of nitrogens with one attached hydrogen (secondary N) is 1. The molecule has 2 aromatic rings. The van der Waals surface area contributed by atoms with Crippen LogP contribution in [-0.2, 0) is 5.41 Å². The van der Waals surface area contributed by atoms with Crippen molar-refractivity contribution in [2.45, 2.75) is 19.3 Å². The molecule has 0 aliphatic carbocycles. The van der Waals surface area contributed by atoms with Gasteiger partial charge in [-0.1, -0.05) is 26.0 Å². The molecule has 3 N–H and O–H groups in total. The highest BCUT2D eigenvalue weighted by atomic mass is 79.9. The number of nitrogens with two attached hydrogens (primary N) is 1. The van der Waals surface area contributed by atoms with Gasteiger partial charge in [0.05, 0.1) is 15.2 Å². The molecule has 2 rings (SSSR count). The van der Waals surface area contributed by atoms with E-state index < -0.39 is 0 Å². The fraction of sp³-hybridized carbons (Fsp3) is 0.286. The average Bonchev–Trinajstić information content (AvgIpc) is 2.76. The molecule has 4 heteroatoms. The van der Waals surface area contributed by atoms with E-state index in [1.54, 1.807) is 11.3 Å². The minimum Gasteiger partial charge on any atom is -0.397 e. The lowest BCUT2D eigenvalue weighted by Crippen LogP contribution is -2.26. The van der Waals surface area contributed by atoms with Gasteiger partial charge in [0.2, 0.25) is 0 Å². The highest BCUT2D eigenvalue weighted by molar-refractivity contribution is 9.11. The maximum atomic E-state index is 5.93. The molecule has 18 heavy (non-hydrogen) atoms. The Bertz CT molecular complexity index is 534. The van der Waals surface area contributed by atoms with E-state index in [1.807, 2.05) is 24.3 Å². The molecule has 0 fully saturated rings. The predicted octanol–water partition coefficient (Wildman–Crippen LogP) is 4.48. The first-order valence-electron chi connectivity index (χ1n) is 5.83. The summed E-state index contributed by atoms with van der Waals surface area (Å²) in [6.45, 7) is 5.32. The van der Waals surface area contributed by atoms with Crippen molar-refractivity contribution in [3.8, 4) is 0 Å². The fourth-order valence-corrected chi connectivity index (χ4v) is 3.23. The highest BCUT2D eigenvalue weighted by Crippen LogP contribution is 2.33. The molecule has 0 atom stereocenters. The number of hydrogen-bond acceptors (Lipinski definition) is 3. The van der Waals surface area contributed by atoms with Gasteiger partial charge in [0, 0.05) is 16.8 Å². The summed E-state index contributed by atoms with van der Waals surface area (Å²) in [5, 5.41) is 3.43. The number of halogens is 1. The Hall–Kier alpha value is -1.000. The second-order valence-electron chi connectivity index (χ2n) is 4.93. The van der Waals surface area contributed by atoms with E-state index >= 15 is 0 Å². The molecular formula is C14H17BrN2S. The Labute approximate surface area is 120 Å². The number of hydrogen-bond donors (Lipinski definition) is 2. The molecule has 1 aromatic carbocycles. The van der Waals surface area contributed by atoms with Gasteiger partial charge >= 0.3 is 0 Å². The van der Waals surface area contributed by atoms with Gasteiger partial charge in [-0.15, -0.1) is 11.3 Å². The van der Waals surface area contributed by atoms with E-state index in [2.05, 4.69) is 47.2 Å². The molecule has 1 aromatic heterocycles. The first-order valence-corrected chi connectivity index (χ1v) is 7.44. The number of rotatable bonds is 4. The Balaban J connectivity index is 2.08. The van der Waals surface area contributed by atoms with Crippen LogP contribution in [0.4, 0.5) is 11.4 Å². The monoisotopic (exact) mass is 324 g/mol. The van der Waals surface area contributed by atoms with Crippen LogP contribution in [0, 0.1) is 0 Å². The number of benzene rings is 1. The van der Waals surface area contributed by atoms with Crippen LogP contribution >= 0.6 is 27.3 Å². The first kappa shape index (κ1) is 13.4. The molecule has 0 bridgehead atoms. The van der Waals surface area contributed by atoms with Crippen molar-refractivity contribution in [3.63, 3.8) is 0 Å². The molecule has 96 valence electrons. The van der Waals surface area contributed by atoms with Gasteiger partial charge in [-0.05, 0) is 40.2 Å². The molecule has 0 spiro atoms. The summed E-state index contributed by atoms with van der Waals surface area (Å²) in [5.74, 6) is 0. The van der Waals surface area contributed by atoms with Crippen molar-refractivity contribution in [1.29, 1.82) is 0 Å². The Kier molecular flexibility index (Phi) is 3.97. The molecule has 0 saturated carbocycles. The lowest BCUT2D eigenvalue weighted by Gasteiger charge is -2.24. The molecule has 0 radical (unpaired) electrons. The molecule has 0 unspecified atom stereocenters. The zero-order valence-electron chi connectivity index (χ0n) is 10.5. The maximum absolute atomic E-state index is 5.93. The van der Waals surface area contributed by atoms with Gasteiger partial charge in [-0.2, -0.15) is 0 Å². The van der Waals surface area contributed by atoms with Crippen LogP contribution in [-0.4, -0.2) is 6.54 Å². The molecule has 2 nitrogen and oxygen atoms in total. The van der Waals surface area contributed by atoms with Crippen LogP contribution in [0.1, 0.15) is 18.7 Å². The average molecular weight is 325 g/mol. The van der Waals surface area contributed by atoms with Crippen molar-refractivity contribution >= 4 is 38.6 Å². The second kappa shape index (κ2) is 5.33. The SMILES string of the molecule is CC(C)(CNc1ccccc1N)c1ccc(Br)s1. The van der Waals surface area contributed by atoms with Crippen molar-refractivity contribution in [3.05, 3.63) is 45.1 Å². The summed E-state index contributed by atoms with van der Waals surface area (Å²) in [6, 6.07) is 12.1. The van der Waals surface area contributed by atoms with Crippen molar-refractivity contribution < 1.29 is 0 Å². The van der Waals surface area contributed by atoms with Crippen LogP contribution in [0.25, 0.3) is 0 Å². The third-order valence-electron chi connectivity index (χ3n) is 2.92. The van der Waals surface area contributed by atoms with E-state index in [0.717, 1.165) is 17.9 Å². The molecule has 0 aliphatic rings. The van der Waals surface area contributed by atoms with Gasteiger partial charge in [0.15, 0.2) is 0 Å². The topological polar surface area (TPSA) is 38.0 Å². The lowest BCUT2D eigenvalue weighted by molar-refractivity contribution is 0.569. The normalized spacial score (nSPS) is 11.5. The number of anilines is 2. The molecule has 0 amide bonds. The molecular weight excluding hydrogens is 308 g/mol. The van der Waals surface area contributed by atoms with Crippen LogP contribution in [0.3, 0.4) is 0 Å². The lowest BCUT2D eigenvalue weighted by atomic mass is 9.91. The Morgan fingerprint density at radius 1 is 1.22 bits per heavy atom. The Morgan fingerprint density at radius 2 is 1.94 bits per heavy atom. The highest BCUT2D eigenvalue weighted by Gasteiger charge is 2.22. The first-order chi connectivity index (χ1) is 8.49. The summed E-state index contributed by atoms with van der Waals surface area (Å²) in [6.07, 6.45) is 0. The third kappa shape index (κ3) is 3.06. The Morgan fingerprint density at radius 3 is 2.56 bits per heavy atom. The van der Waals surface area contributed by atoms with E-state index in [4.69, 9.17) is 5.73 Å². The van der Waals surface area contributed by atoms with E-state index in [1.165, 1.54) is 8.66 Å². The van der Waals surface area contributed by atoms with Crippen LogP contribution in [0.2, 0.25) is 0 Å². The van der Waals surface area contributed by atoms with E-state index in [0.29, 0.717) is 0 Å². The maximum Gasteiger partial charge on any atom is 0.0701 e. The van der Waals surface area contributed by atoms with Gasteiger partial charge in [0.25, 0.3) is 0 Å². The van der Waals surface area contributed by atoms with Crippen LogP contribution in [0.5, 0.6) is 0 Å². The summed E-state index contributed by atoms with van der Waals surface area (Å²) in [4.78, 5) is 1.36. The zero-order valence-corrected chi connectivity index (χ0v) is 12.9. The predicted molar refractivity (Wildman–Crippen MR) is 84.4 cm³/mol. The van der Waals surface area contributed by atoms with Gasteiger partial charge in [-0.3, -0.25) is 0 Å². The second-order valence-corrected chi connectivity index (χ2v) is 7.39. The van der Waals surface area contributed by atoms with Crippen molar-refractivity contribution in [2.75, 3.05) is 17.6 Å². The summed E-state index contributed by atoms with van der Waals surface area (Å²) in [5.41, 5.74) is 7.80. The smallest absolute Gasteiger partial charge is 0.0701 e.